The van der Waals surface area contributed by atoms with Gasteiger partial charge in [0.1, 0.15) is 5.82 Å². The lowest BCUT2D eigenvalue weighted by atomic mass is 9.90. The number of halogens is 1. The number of carbonyl (C=O) groups excluding carboxylic acids is 2. The molecule has 1 aliphatic heterocycles. The van der Waals surface area contributed by atoms with E-state index in [0.29, 0.717) is 18.5 Å². The highest BCUT2D eigenvalue weighted by Gasteiger charge is 2.41. The van der Waals surface area contributed by atoms with E-state index in [9.17, 15) is 18.8 Å². The second-order valence-corrected chi connectivity index (χ2v) is 6.01. The number of nitrogens with one attached hydrogen (secondary N) is 1. The van der Waals surface area contributed by atoms with Gasteiger partial charge in [0.2, 0.25) is 11.8 Å². The number of benzene rings is 1. The van der Waals surface area contributed by atoms with E-state index in [-0.39, 0.29) is 31.3 Å². The predicted octanol–water partition coefficient (Wildman–Crippen LogP) is 0.808. The minimum Gasteiger partial charge on any atom is -0.481 e. The van der Waals surface area contributed by atoms with Crippen molar-refractivity contribution >= 4 is 17.8 Å². The van der Waals surface area contributed by atoms with Crippen LogP contribution in [0.2, 0.25) is 0 Å². The van der Waals surface area contributed by atoms with Crippen LogP contribution in [-0.2, 0) is 20.8 Å². The Kier molecular flexibility index (Phi) is 4.98. The third-order valence-corrected chi connectivity index (χ3v) is 4.03. The summed E-state index contributed by atoms with van der Waals surface area (Å²) in [5.74, 6) is -2.05. The molecule has 1 aromatic carbocycles. The number of nitrogens with zero attached hydrogens (tertiary/aromatic N) is 1. The molecule has 124 valence electrons. The van der Waals surface area contributed by atoms with Gasteiger partial charge in [-0.1, -0.05) is 12.1 Å². The van der Waals surface area contributed by atoms with Crippen LogP contribution < -0.4 is 5.32 Å². The maximum atomic E-state index is 13.0. The standard InChI is InChI=1S/C16H19FN2O4/c1-16(15(22)23)5-6-19(10-16)14(21)9-18-13(20)8-11-3-2-4-12(17)7-11/h2-4,7H,5-6,8-10H2,1H3,(H,18,20)(H,22,23). The summed E-state index contributed by atoms with van der Waals surface area (Å²) in [6.45, 7) is 1.91. The van der Waals surface area contributed by atoms with Gasteiger partial charge in [-0.05, 0) is 31.0 Å². The summed E-state index contributed by atoms with van der Waals surface area (Å²) in [5.41, 5.74) is -0.407. The van der Waals surface area contributed by atoms with Crippen molar-refractivity contribution in [3.05, 3.63) is 35.6 Å². The van der Waals surface area contributed by atoms with Crippen LogP contribution >= 0.6 is 0 Å². The Morgan fingerprint density at radius 3 is 2.74 bits per heavy atom. The fraction of sp³-hybridized carbons (Fsp3) is 0.438. The van der Waals surface area contributed by atoms with Gasteiger partial charge in [-0.3, -0.25) is 14.4 Å². The molecule has 0 radical (unpaired) electrons. The second kappa shape index (κ2) is 6.76. The fourth-order valence-electron chi connectivity index (χ4n) is 2.53. The van der Waals surface area contributed by atoms with E-state index in [4.69, 9.17) is 5.11 Å². The van der Waals surface area contributed by atoms with E-state index >= 15 is 0 Å². The van der Waals surface area contributed by atoms with Gasteiger partial charge >= 0.3 is 5.97 Å². The second-order valence-electron chi connectivity index (χ2n) is 6.01. The number of carboxylic acids is 1. The zero-order chi connectivity index (χ0) is 17.0. The molecule has 0 saturated carbocycles. The quantitative estimate of drug-likeness (QED) is 0.840. The van der Waals surface area contributed by atoms with Crippen molar-refractivity contribution in [3.63, 3.8) is 0 Å². The molecule has 0 aliphatic carbocycles. The van der Waals surface area contributed by atoms with E-state index in [1.54, 1.807) is 13.0 Å². The molecule has 1 atom stereocenters. The molecule has 2 amide bonds. The third-order valence-electron chi connectivity index (χ3n) is 4.03. The Labute approximate surface area is 133 Å². The average molecular weight is 322 g/mol. The van der Waals surface area contributed by atoms with E-state index in [2.05, 4.69) is 5.32 Å². The molecule has 0 spiro atoms. The first kappa shape index (κ1) is 16.9. The monoisotopic (exact) mass is 322 g/mol. The zero-order valence-corrected chi connectivity index (χ0v) is 12.8. The summed E-state index contributed by atoms with van der Waals surface area (Å²) in [5, 5.41) is 11.6. The normalized spacial score (nSPS) is 20.3. The van der Waals surface area contributed by atoms with Crippen molar-refractivity contribution in [2.75, 3.05) is 19.6 Å². The topological polar surface area (TPSA) is 86.7 Å². The van der Waals surface area contributed by atoms with Crippen molar-refractivity contribution in [1.82, 2.24) is 10.2 Å². The molecular weight excluding hydrogens is 303 g/mol. The lowest BCUT2D eigenvalue weighted by Gasteiger charge is -2.20. The summed E-state index contributed by atoms with van der Waals surface area (Å²) in [7, 11) is 0. The Bertz CT molecular complexity index is 634. The number of aliphatic carboxylic acids is 1. The van der Waals surface area contributed by atoms with Gasteiger partial charge in [0.15, 0.2) is 0 Å². The number of likely N-dealkylation sites (tertiary alicyclic amines) is 1. The van der Waals surface area contributed by atoms with E-state index in [1.807, 2.05) is 0 Å². The van der Waals surface area contributed by atoms with Gasteiger partial charge < -0.3 is 15.3 Å². The highest BCUT2D eigenvalue weighted by molar-refractivity contribution is 5.86. The Balaban J connectivity index is 1.81. The maximum Gasteiger partial charge on any atom is 0.311 e. The van der Waals surface area contributed by atoms with Crippen LogP contribution in [0.5, 0.6) is 0 Å². The minimum absolute atomic E-state index is 0.0160. The first-order chi connectivity index (χ1) is 10.8. The number of hydrogen-bond acceptors (Lipinski definition) is 3. The van der Waals surface area contributed by atoms with Crippen molar-refractivity contribution < 1.29 is 23.9 Å². The summed E-state index contributed by atoms with van der Waals surface area (Å²) >= 11 is 0. The van der Waals surface area contributed by atoms with E-state index in [0.717, 1.165) is 0 Å². The van der Waals surface area contributed by atoms with Crippen molar-refractivity contribution in [3.8, 4) is 0 Å². The molecule has 1 aliphatic rings. The third kappa shape index (κ3) is 4.28. The number of amides is 2. The first-order valence-electron chi connectivity index (χ1n) is 7.32. The molecule has 0 bridgehead atoms. The number of carbonyl (C=O) groups is 3. The Hall–Kier alpha value is -2.44. The number of hydrogen-bond donors (Lipinski definition) is 2. The molecule has 6 nitrogen and oxygen atoms in total. The molecule has 7 heteroatoms. The van der Waals surface area contributed by atoms with Crippen LogP contribution in [0.3, 0.4) is 0 Å². The highest BCUT2D eigenvalue weighted by Crippen LogP contribution is 2.29. The molecule has 1 unspecified atom stereocenters. The summed E-state index contributed by atoms with van der Waals surface area (Å²) < 4.78 is 13.0. The Morgan fingerprint density at radius 2 is 2.13 bits per heavy atom. The minimum atomic E-state index is -0.929. The molecule has 23 heavy (non-hydrogen) atoms. The van der Waals surface area contributed by atoms with Gasteiger partial charge in [0.05, 0.1) is 18.4 Å². The molecule has 1 heterocycles. The molecule has 1 aromatic rings. The Morgan fingerprint density at radius 1 is 1.39 bits per heavy atom. The molecule has 0 aromatic heterocycles. The lowest BCUT2D eigenvalue weighted by Crippen LogP contribution is -2.41. The van der Waals surface area contributed by atoms with E-state index < -0.39 is 17.2 Å². The molecule has 2 rings (SSSR count). The maximum absolute atomic E-state index is 13.0. The van der Waals surface area contributed by atoms with Crippen LogP contribution in [0.25, 0.3) is 0 Å². The van der Waals surface area contributed by atoms with Crippen LogP contribution in [0.1, 0.15) is 18.9 Å². The van der Waals surface area contributed by atoms with E-state index in [1.165, 1.54) is 23.1 Å². The lowest BCUT2D eigenvalue weighted by molar-refractivity contribution is -0.147. The molecule has 1 fully saturated rings. The predicted molar refractivity (Wildman–Crippen MR) is 80.1 cm³/mol. The smallest absolute Gasteiger partial charge is 0.311 e. The van der Waals surface area contributed by atoms with Gasteiger partial charge in [-0.15, -0.1) is 0 Å². The van der Waals surface area contributed by atoms with Crippen LogP contribution in [0, 0.1) is 11.2 Å². The van der Waals surface area contributed by atoms with Gasteiger partial charge in [-0.2, -0.15) is 0 Å². The SMILES string of the molecule is CC1(C(=O)O)CCN(C(=O)CNC(=O)Cc2cccc(F)c2)C1. The molecule has 1 saturated heterocycles. The van der Waals surface area contributed by atoms with Crippen LogP contribution in [0.15, 0.2) is 24.3 Å². The first-order valence-corrected chi connectivity index (χ1v) is 7.32. The van der Waals surface area contributed by atoms with Gasteiger partial charge in [0, 0.05) is 13.1 Å². The summed E-state index contributed by atoms with van der Waals surface area (Å²) in [4.78, 5) is 36.4. The largest absolute Gasteiger partial charge is 0.481 e. The average Bonchev–Trinajstić information content (AvgIpc) is 2.89. The van der Waals surface area contributed by atoms with Gasteiger partial charge in [-0.25, -0.2) is 4.39 Å². The summed E-state index contributed by atoms with van der Waals surface area (Å²) in [6, 6.07) is 5.70. The number of carboxylic acid groups (broad SMARTS) is 1. The molecular formula is C16H19FN2O4. The van der Waals surface area contributed by atoms with Crippen molar-refractivity contribution in [2.24, 2.45) is 5.41 Å². The number of rotatable bonds is 5. The van der Waals surface area contributed by atoms with Crippen LogP contribution in [0.4, 0.5) is 4.39 Å². The van der Waals surface area contributed by atoms with Crippen molar-refractivity contribution in [2.45, 2.75) is 19.8 Å². The van der Waals surface area contributed by atoms with Crippen LogP contribution in [-0.4, -0.2) is 47.4 Å². The highest BCUT2D eigenvalue weighted by atomic mass is 19.1. The van der Waals surface area contributed by atoms with Gasteiger partial charge in [0.25, 0.3) is 0 Å². The zero-order valence-electron chi connectivity index (χ0n) is 12.8. The summed E-state index contributed by atoms with van der Waals surface area (Å²) in [6.07, 6.45) is 0.378. The van der Waals surface area contributed by atoms with Crippen molar-refractivity contribution in [1.29, 1.82) is 0 Å². The molecule has 2 N–H and O–H groups in total. The fourth-order valence-corrected chi connectivity index (χ4v) is 2.53.